The summed E-state index contributed by atoms with van der Waals surface area (Å²) in [6, 6.07) is -0.964. The van der Waals surface area contributed by atoms with E-state index in [0.29, 0.717) is 0 Å². The monoisotopic (exact) mass is 258 g/mol. The molecule has 0 rings (SSSR count). The second-order valence-corrected chi connectivity index (χ2v) is 6.03. The topological polar surface area (TPSA) is 67.4 Å². The Hall–Kier alpha value is -1.26. The normalized spacial score (nSPS) is 13.4. The fourth-order valence-corrected chi connectivity index (χ4v) is 1.31. The number of hydrogen-bond donors (Lipinski definition) is 2. The number of esters is 1. The summed E-state index contributed by atoms with van der Waals surface area (Å²) in [6.45, 7) is 12.9. The first-order valence-corrected chi connectivity index (χ1v) is 6.33. The van der Waals surface area contributed by atoms with E-state index in [0.717, 1.165) is 0 Å². The molecular weight excluding hydrogens is 232 g/mol. The number of amides is 2. The van der Waals surface area contributed by atoms with Crippen LogP contribution in [0.2, 0.25) is 0 Å². The van der Waals surface area contributed by atoms with Gasteiger partial charge in [0.2, 0.25) is 0 Å². The van der Waals surface area contributed by atoms with Crippen molar-refractivity contribution in [2.75, 3.05) is 0 Å². The zero-order chi connectivity index (χ0) is 14.5. The number of ether oxygens (including phenoxy) is 1. The third-order valence-corrected chi connectivity index (χ3v) is 2.03. The number of nitrogens with one attached hydrogen (secondary N) is 2. The van der Waals surface area contributed by atoms with Crippen molar-refractivity contribution in [1.29, 1.82) is 0 Å². The van der Waals surface area contributed by atoms with E-state index in [4.69, 9.17) is 4.74 Å². The van der Waals surface area contributed by atoms with E-state index >= 15 is 0 Å². The molecule has 0 radical (unpaired) electrons. The first-order valence-electron chi connectivity index (χ1n) is 6.33. The van der Waals surface area contributed by atoms with Crippen molar-refractivity contribution < 1.29 is 14.3 Å². The Balaban J connectivity index is 4.58. The number of rotatable bonds is 4. The molecule has 5 nitrogen and oxygen atoms in total. The Morgan fingerprint density at radius 2 is 1.50 bits per heavy atom. The molecule has 1 atom stereocenters. The molecule has 0 saturated carbocycles. The first-order chi connectivity index (χ1) is 8.03. The van der Waals surface area contributed by atoms with Crippen molar-refractivity contribution >= 4 is 12.0 Å². The maximum atomic E-state index is 12.0. The minimum atomic E-state index is -0.636. The second kappa shape index (κ2) is 6.61. The largest absolute Gasteiger partial charge is 0.458 e. The maximum Gasteiger partial charge on any atom is 0.329 e. The lowest BCUT2D eigenvalue weighted by atomic mass is 10.0. The van der Waals surface area contributed by atoms with E-state index in [9.17, 15) is 9.59 Å². The van der Waals surface area contributed by atoms with E-state index in [2.05, 4.69) is 10.6 Å². The van der Waals surface area contributed by atoms with Crippen molar-refractivity contribution in [2.45, 2.75) is 66.2 Å². The lowest BCUT2D eigenvalue weighted by Gasteiger charge is -2.26. The summed E-state index contributed by atoms with van der Waals surface area (Å²) in [7, 11) is 0. The third-order valence-electron chi connectivity index (χ3n) is 2.03. The van der Waals surface area contributed by atoms with Crippen molar-refractivity contribution in [3.63, 3.8) is 0 Å². The Bertz CT molecular complexity index is 293. The quantitative estimate of drug-likeness (QED) is 0.758. The van der Waals surface area contributed by atoms with Crippen LogP contribution in [0.3, 0.4) is 0 Å². The Kier molecular flexibility index (Phi) is 6.15. The Morgan fingerprint density at radius 3 is 1.83 bits per heavy atom. The molecule has 18 heavy (non-hydrogen) atoms. The van der Waals surface area contributed by atoms with E-state index < -0.39 is 17.6 Å². The van der Waals surface area contributed by atoms with Gasteiger partial charge in [0.15, 0.2) is 0 Å². The summed E-state index contributed by atoms with van der Waals surface area (Å²) in [4.78, 5) is 23.6. The first kappa shape index (κ1) is 16.7. The molecule has 2 N–H and O–H groups in total. The summed E-state index contributed by atoms with van der Waals surface area (Å²) in [5.74, 6) is -0.436. The van der Waals surface area contributed by atoms with Gasteiger partial charge in [-0.2, -0.15) is 0 Å². The van der Waals surface area contributed by atoms with Crippen LogP contribution in [0.4, 0.5) is 4.79 Å². The minimum Gasteiger partial charge on any atom is -0.458 e. The summed E-state index contributed by atoms with van der Waals surface area (Å²) < 4.78 is 5.29. The van der Waals surface area contributed by atoms with Gasteiger partial charge in [0, 0.05) is 6.04 Å². The molecule has 2 amide bonds. The molecule has 0 unspecified atom stereocenters. The summed E-state index contributed by atoms with van der Waals surface area (Å²) in [5.41, 5.74) is -0.555. The molecule has 0 aromatic carbocycles. The van der Waals surface area contributed by atoms with Crippen LogP contribution in [-0.2, 0) is 9.53 Å². The molecule has 5 heteroatoms. The zero-order valence-electron chi connectivity index (χ0n) is 12.5. The van der Waals surface area contributed by atoms with Crippen molar-refractivity contribution in [3.8, 4) is 0 Å². The summed E-state index contributed by atoms with van der Waals surface area (Å²) in [5, 5.41) is 5.33. The summed E-state index contributed by atoms with van der Waals surface area (Å²) >= 11 is 0. The van der Waals surface area contributed by atoms with Crippen LogP contribution in [0.25, 0.3) is 0 Å². The number of carbonyl (C=O) groups is 2. The molecule has 0 aliphatic carbocycles. The van der Waals surface area contributed by atoms with Gasteiger partial charge >= 0.3 is 12.0 Å². The smallest absolute Gasteiger partial charge is 0.329 e. The highest BCUT2D eigenvalue weighted by molar-refractivity contribution is 5.84. The molecule has 0 bridgehead atoms. The Labute approximate surface area is 110 Å². The van der Waals surface area contributed by atoms with E-state index in [1.165, 1.54) is 0 Å². The second-order valence-electron chi connectivity index (χ2n) is 6.03. The average molecular weight is 258 g/mol. The van der Waals surface area contributed by atoms with E-state index in [-0.39, 0.29) is 18.0 Å². The standard InChI is InChI=1S/C13H26N2O3/c1-8(2)10(11(16)18-13(5,6)7)15-12(17)14-9(3)4/h8-10H,1-7H3,(H2,14,15,17)/t10-/m1/s1. The molecule has 106 valence electrons. The summed E-state index contributed by atoms with van der Waals surface area (Å²) in [6.07, 6.45) is 0. The van der Waals surface area contributed by atoms with Gasteiger partial charge in [0.1, 0.15) is 11.6 Å². The maximum absolute atomic E-state index is 12.0. The van der Waals surface area contributed by atoms with Crippen LogP contribution in [-0.4, -0.2) is 29.7 Å². The van der Waals surface area contributed by atoms with Gasteiger partial charge in [0.05, 0.1) is 0 Å². The van der Waals surface area contributed by atoms with Gasteiger partial charge in [-0.1, -0.05) is 13.8 Å². The van der Waals surface area contributed by atoms with E-state index in [1.54, 1.807) is 20.8 Å². The minimum absolute atomic E-state index is 0.0245. The van der Waals surface area contributed by atoms with Gasteiger partial charge in [-0.25, -0.2) is 9.59 Å². The number of carbonyl (C=O) groups excluding carboxylic acids is 2. The number of urea groups is 1. The molecule has 0 heterocycles. The average Bonchev–Trinajstić information content (AvgIpc) is 2.09. The number of hydrogen-bond acceptors (Lipinski definition) is 3. The third kappa shape index (κ3) is 7.14. The van der Waals surface area contributed by atoms with Crippen LogP contribution < -0.4 is 10.6 Å². The van der Waals surface area contributed by atoms with Crippen molar-refractivity contribution in [2.24, 2.45) is 5.92 Å². The van der Waals surface area contributed by atoms with Crippen LogP contribution in [0.5, 0.6) is 0 Å². The van der Waals surface area contributed by atoms with Crippen LogP contribution in [0.1, 0.15) is 48.5 Å². The zero-order valence-corrected chi connectivity index (χ0v) is 12.5. The van der Waals surface area contributed by atoms with Gasteiger partial charge in [-0.15, -0.1) is 0 Å². The van der Waals surface area contributed by atoms with Gasteiger partial charge in [-0.05, 0) is 40.5 Å². The highest BCUT2D eigenvalue weighted by atomic mass is 16.6. The predicted molar refractivity (Wildman–Crippen MR) is 71.3 cm³/mol. The SMILES string of the molecule is CC(C)NC(=O)N[C@@H](C(=O)OC(C)(C)C)C(C)C. The molecule has 0 aromatic rings. The van der Waals surface area contributed by atoms with Crippen LogP contribution in [0, 0.1) is 5.92 Å². The highest BCUT2D eigenvalue weighted by Gasteiger charge is 2.29. The van der Waals surface area contributed by atoms with Gasteiger partial charge < -0.3 is 15.4 Å². The van der Waals surface area contributed by atoms with E-state index in [1.807, 2.05) is 27.7 Å². The van der Waals surface area contributed by atoms with Crippen molar-refractivity contribution in [1.82, 2.24) is 10.6 Å². The fraction of sp³-hybridized carbons (Fsp3) is 0.846. The molecular formula is C13H26N2O3. The molecule has 0 aromatic heterocycles. The van der Waals surface area contributed by atoms with Crippen LogP contribution in [0.15, 0.2) is 0 Å². The molecule has 0 saturated heterocycles. The van der Waals surface area contributed by atoms with Gasteiger partial charge in [-0.3, -0.25) is 0 Å². The Morgan fingerprint density at radius 1 is 1.00 bits per heavy atom. The lowest BCUT2D eigenvalue weighted by molar-refractivity contribution is -0.158. The molecule has 0 aliphatic rings. The highest BCUT2D eigenvalue weighted by Crippen LogP contribution is 2.12. The van der Waals surface area contributed by atoms with Crippen LogP contribution >= 0.6 is 0 Å². The lowest BCUT2D eigenvalue weighted by Crippen LogP contribution is -2.51. The fourth-order valence-electron chi connectivity index (χ4n) is 1.31. The van der Waals surface area contributed by atoms with Crippen molar-refractivity contribution in [3.05, 3.63) is 0 Å². The molecule has 0 fully saturated rings. The molecule has 0 spiro atoms. The van der Waals surface area contributed by atoms with Gasteiger partial charge in [0.25, 0.3) is 0 Å². The predicted octanol–water partition coefficient (Wildman–Crippen LogP) is 2.06. The molecule has 0 aliphatic heterocycles.